The van der Waals surface area contributed by atoms with Gasteiger partial charge in [-0.1, -0.05) is 0 Å². The Morgan fingerprint density at radius 1 is 1.36 bits per heavy atom. The predicted octanol–water partition coefficient (Wildman–Crippen LogP) is -0.110. The van der Waals surface area contributed by atoms with Crippen LogP contribution >= 0.6 is 0 Å². The van der Waals surface area contributed by atoms with Crippen LogP contribution in [-0.4, -0.2) is 24.8 Å². The average molecular weight is 192 g/mol. The first-order valence-electron chi connectivity index (χ1n) is 5.47. The fourth-order valence-corrected chi connectivity index (χ4v) is 6.75. The topological polar surface area (TPSA) is 46.5 Å². The van der Waals surface area contributed by atoms with Crippen LogP contribution in [0.4, 0.5) is 0 Å². The van der Waals surface area contributed by atoms with Crippen molar-refractivity contribution in [1.82, 2.24) is 0 Å². The Kier molecular flexibility index (Phi) is 0.668. The molecular weight excluding hydrogens is 180 g/mol. The summed E-state index contributed by atoms with van der Waals surface area (Å²) in [5, 5.41) is 9.43. The first kappa shape index (κ1) is 6.83. The van der Waals surface area contributed by atoms with E-state index in [0.717, 1.165) is 17.8 Å². The van der Waals surface area contributed by atoms with E-state index in [1.54, 1.807) is 0 Å². The number of carbonyl (C=O) groups is 1. The molecule has 6 saturated carbocycles. The number of methoxy groups -OCH3 is 1. The zero-order chi connectivity index (χ0) is 9.46. The van der Waals surface area contributed by atoms with Crippen molar-refractivity contribution in [2.75, 3.05) is 13.7 Å². The molecule has 6 aliphatic rings. The van der Waals surface area contributed by atoms with Crippen molar-refractivity contribution < 1.29 is 14.6 Å². The third-order valence-corrected chi connectivity index (χ3v) is 6.60. The maximum Gasteiger partial charge on any atom is 0.312 e. The molecule has 14 heavy (non-hydrogen) atoms. The molecule has 3 heteroatoms. The minimum absolute atomic E-state index is 0.0206. The molecule has 0 aromatic heterocycles. The molecule has 0 spiro atoms. The van der Waals surface area contributed by atoms with Gasteiger partial charge < -0.3 is 9.84 Å². The van der Waals surface area contributed by atoms with E-state index in [2.05, 4.69) is 0 Å². The van der Waals surface area contributed by atoms with Gasteiger partial charge in [-0.25, -0.2) is 0 Å². The fraction of sp³-hybridized carbons (Fsp3) is 0.909. The minimum Gasteiger partial charge on any atom is -0.469 e. The van der Waals surface area contributed by atoms with Crippen molar-refractivity contribution in [3.05, 3.63) is 0 Å². The lowest BCUT2D eigenvalue weighted by Gasteiger charge is -3.10. The van der Waals surface area contributed by atoms with Gasteiger partial charge in [-0.3, -0.25) is 4.79 Å². The molecular formula is C11H12O3. The highest BCUT2D eigenvalue weighted by atomic mass is 16.5. The Hall–Kier alpha value is -0.570. The van der Waals surface area contributed by atoms with Gasteiger partial charge in [-0.05, 0) is 35.5 Å². The summed E-state index contributed by atoms with van der Waals surface area (Å²) in [6.45, 7) is 0.311. The number of hydrogen-bond acceptors (Lipinski definition) is 3. The Bertz CT molecular complexity index is 381. The van der Waals surface area contributed by atoms with E-state index in [9.17, 15) is 9.90 Å². The van der Waals surface area contributed by atoms with Crippen LogP contribution in [0.3, 0.4) is 0 Å². The van der Waals surface area contributed by atoms with Gasteiger partial charge in [-0.15, -0.1) is 0 Å². The van der Waals surface area contributed by atoms with Gasteiger partial charge in [0, 0.05) is 12.0 Å². The van der Waals surface area contributed by atoms with Crippen LogP contribution in [0.25, 0.3) is 0 Å². The van der Waals surface area contributed by atoms with Gasteiger partial charge in [-0.2, -0.15) is 0 Å². The Morgan fingerprint density at radius 3 is 2.50 bits per heavy atom. The molecule has 0 aliphatic heterocycles. The second-order valence-corrected chi connectivity index (χ2v) is 5.86. The number of carbonyl (C=O) groups excluding carboxylic acids is 1. The summed E-state index contributed by atoms with van der Waals surface area (Å²) in [7, 11) is 1.50. The zero-order valence-corrected chi connectivity index (χ0v) is 7.93. The maximum absolute atomic E-state index is 11.8. The SMILES string of the molecule is COC(=O)C12C3C4C5[C@H]3[C@H]1C5(CO)C42. The molecule has 0 saturated heterocycles. The van der Waals surface area contributed by atoms with E-state index in [4.69, 9.17) is 4.74 Å². The van der Waals surface area contributed by atoms with Crippen molar-refractivity contribution >= 4 is 5.97 Å². The second-order valence-electron chi connectivity index (χ2n) is 5.86. The average Bonchev–Trinajstić information content (AvgIpc) is 2.27. The summed E-state index contributed by atoms with van der Waals surface area (Å²) in [4.78, 5) is 11.8. The molecule has 0 heterocycles. The molecule has 0 radical (unpaired) electrons. The van der Waals surface area contributed by atoms with E-state index in [1.807, 2.05) is 0 Å². The van der Waals surface area contributed by atoms with E-state index in [1.165, 1.54) is 7.11 Å². The molecule has 6 unspecified atom stereocenters. The maximum atomic E-state index is 11.8. The van der Waals surface area contributed by atoms with Gasteiger partial charge in [0.2, 0.25) is 0 Å². The van der Waals surface area contributed by atoms with E-state index in [-0.39, 0.29) is 16.8 Å². The second kappa shape index (κ2) is 1.37. The van der Waals surface area contributed by atoms with Gasteiger partial charge in [0.15, 0.2) is 0 Å². The summed E-state index contributed by atoms with van der Waals surface area (Å²) in [5.41, 5.74) is 0.125. The molecule has 3 nitrogen and oxygen atoms in total. The molecule has 6 fully saturated rings. The summed E-state index contributed by atoms with van der Waals surface area (Å²) in [6.07, 6.45) is 0. The lowest BCUT2D eigenvalue weighted by Crippen LogP contribution is -3.11. The van der Waals surface area contributed by atoms with Crippen LogP contribution < -0.4 is 0 Å². The summed E-state index contributed by atoms with van der Waals surface area (Å²) in [5.74, 6) is 4.12. The monoisotopic (exact) mass is 192 g/mol. The molecule has 0 amide bonds. The largest absolute Gasteiger partial charge is 0.469 e. The number of rotatable bonds is 2. The molecule has 74 valence electrons. The van der Waals surface area contributed by atoms with Crippen molar-refractivity contribution in [3.63, 3.8) is 0 Å². The van der Waals surface area contributed by atoms with E-state index < -0.39 is 0 Å². The molecule has 6 rings (SSSR count). The fourth-order valence-electron chi connectivity index (χ4n) is 6.75. The lowest BCUT2D eigenvalue weighted by molar-refractivity contribution is -0.647. The first-order chi connectivity index (χ1) is 6.77. The summed E-state index contributed by atoms with van der Waals surface area (Å²) in [6, 6.07) is 0. The Balaban J connectivity index is 1.63. The highest BCUT2D eigenvalue weighted by Crippen LogP contribution is 3.10. The number of aliphatic hydroxyl groups is 1. The molecule has 8 atom stereocenters. The normalized spacial score (nSPS) is 77.0. The molecule has 6 aliphatic carbocycles. The van der Waals surface area contributed by atoms with Crippen LogP contribution in [0.2, 0.25) is 0 Å². The van der Waals surface area contributed by atoms with Crippen LogP contribution in [0.15, 0.2) is 0 Å². The van der Waals surface area contributed by atoms with Gasteiger partial charge in [0.25, 0.3) is 0 Å². The zero-order valence-electron chi connectivity index (χ0n) is 7.93. The standard InChI is InChI=1S/C11H12O3/c1-14-9(13)11-6-3-5-4(6)8(11)10(5,2-12)7(3)11/h3-8,12H,2H2,1H3/t3-,4?,5?,6?,7+,8?,10?,11?/m1/s1. The number of hydrogen-bond donors (Lipinski definition) is 1. The third kappa shape index (κ3) is 0.251. The van der Waals surface area contributed by atoms with Crippen LogP contribution in [0, 0.1) is 46.3 Å². The molecule has 0 bridgehead atoms. The first-order valence-corrected chi connectivity index (χ1v) is 5.47. The van der Waals surface area contributed by atoms with Crippen LogP contribution in [0.5, 0.6) is 0 Å². The molecule has 1 N–H and O–H groups in total. The van der Waals surface area contributed by atoms with Crippen molar-refractivity contribution in [1.29, 1.82) is 0 Å². The summed E-state index contributed by atoms with van der Waals surface area (Å²) < 4.78 is 4.93. The van der Waals surface area contributed by atoms with Gasteiger partial charge in [0.05, 0.1) is 12.5 Å². The number of ether oxygens (including phenoxy) is 1. The van der Waals surface area contributed by atoms with Crippen LogP contribution in [0.1, 0.15) is 0 Å². The number of aliphatic hydroxyl groups excluding tert-OH is 1. The molecule has 0 aromatic rings. The predicted molar refractivity (Wildman–Crippen MR) is 44.9 cm³/mol. The highest BCUT2D eigenvalue weighted by Gasteiger charge is 3.11. The van der Waals surface area contributed by atoms with E-state index in [0.29, 0.717) is 24.4 Å². The summed E-state index contributed by atoms with van der Waals surface area (Å²) >= 11 is 0. The lowest BCUT2D eigenvalue weighted by atomic mass is 8.92. The highest BCUT2D eigenvalue weighted by molar-refractivity contribution is 5.88. The minimum atomic E-state index is -0.0818. The Morgan fingerprint density at radius 2 is 2.00 bits per heavy atom. The smallest absolute Gasteiger partial charge is 0.312 e. The van der Waals surface area contributed by atoms with Crippen LogP contribution in [-0.2, 0) is 9.53 Å². The van der Waals surface area contributed by atoms with Gasteiger partial charge in [0.1, 0.15) is 0 Å². The van der Waals surface area contributed by atoms with E-state index >= 15 is 0 Å². The molecule has 0 aromatic carbocycles. The van der Waals surface area contributed by atoms with Crippen molar-refractivity contribution in [2.45, 2.75) is 0 Å². The quantitative estimate of drug-likeness (QED) is 0.621. The van der Waals surface area contributed by atoms with Gasteiger partial charge >= 0.3 is 5.97 Å². The Labute approximate surface area is 81.4 Å². The third-order valence-electron chi connectivity index (χ3n) is 6.60. The van der Waals surface area contributed by atoms with Crippen molar-refractivity contribution in [2.24, 2.45) is 46.3 Å². The van der Waals surface area contributed by atoms with Crippen molar-refractivity contribution in [3.8, 4) is 0 Å². The number of esters is 1.